The molecule has 0 spiro atoms. The third-order valence-electron chi connectivity index (χ3n) is 3.22. The van der Waals surface area contributed by atoms with E-state index in [1.54, 1.807) is 0 Å². The van der Waals surface area contributed by atoms with Crippen LogP contribution in [0.5, 0.6) is 0 Å². The molecule has 2 rings (SSSR count). The van der Waals surface area contributed by atoms with Gasteiger partial charge in [0, 0.05) is 24.2 Å². The Morgan fingerprint density at radius 2 is 2.24 bits per heavy atom. The van der Waals surface area contributed by atoms with Gasteiger partial charge in [0.25, 0.3) is 0 Å². The second-order valence-corrected chi connectivity index (χ2v) is 5.73. The average Bonchev–Trinajstić information content (AvgIpc) is 2.33. The first-order valence-electron chi connectivity index (χ1n) is 6.25. The molecule has 0 aliphatic carbocycles. The van der Waals surface area contributed by atoms with E-state index in [1.807, 2.05) is 0 Å². The summed E-state index contributed by atoms with van der Waals surface area (Å²) < 4.78 is 6.72. The van der Waals surface area contributed by atoms with Crippen molar-refractivity contribution in [1.29, 1.82) is 0 Å². The molecule has 1 fully saturated rings. The average molecular weight is 298 g/mol. The van der Waals surface area contributed by atoms with Crippen LogP contribution in [0.3, 0.4) is 0 Å². The van der Waals surface area contributed by atoms with Gasteiger partial charge in [-0.15, -0.1) is 0 Å². The maximum Gasteiger partial charge on any atom is 0.0506 e. The summed E-state index contributed by atoms with van der Waals surface area (Å²) in [6.07, 6.45) is 2.52. The summed E-state index contributed by atoms with van der Waals surface area (Å²) in [5, 5.41) is 0. The van der Waals surface area contributed by atoms with Crippen molar-refractivity contribution in [2.75, 3.05) is 26.8 Å². The number of ether oxygens (including phenoxy) is 1. The molecule has 1 aliphatic rings. The molecule has 0 saturated carbocycles. The highest BCUT2D eigenvalue weighted by Crippen LogP contribution is 2.19. The minimum Gasteiger partial charge on any atom is -0.381 e. The van der Waals surface area contributed by atoms with Crippen LogP contribution in [0.15, 0.2) is 28.7 Å². The van der Waals surface area contributed by atoms with Gasteiger partial charge in [0.1, 0.15) is 0 Å². The van der Waals surface area contributed by atoms with Gasteiger partial charge < -0.3 is 9.64 Å². The molecule has 1 atom stereocenters. The lowest BCUT2D eigenvalue weighted by Crippen LogP contribution is -2.30. The number of rotatable bonds is 4. The molecule has 1 aromatic carbocycles. The number of hydrogen-bond acceptors (Lipinski definition) is 2. The van der Waals surface area contributed by atoms with Gasteiger partial charge >= 0.3 is 0 Å². The molecule has 0 amide bonds. The smallest absolute Gasteiger partial charge is 0.0506 e. The molecule has 0 N–H and O–H groups in total. The van der Waals surface area contributed by atoms with E-state index in [-0.39, 0.29) is 0 Å². The maximum atomic E-state index is 5.52. The van der Waals surface area contributed by atoms with E-state index in [1.165, 1.54) is 22.9 Å². The van der Waals surface area contributed by atoms with Crippen LogP contribution in [0.1, 0.15) is 18.4 Å². The number of hydrogen-bond donors (Lipinski definition) is 0. The molecule has 1 saturated heterocycles. The zero-order valence-electron chi connectivity index (χ0n) is 10.4. The Morgan fingerprint density at radius 3 is 2.94 bits per heavy atom. The summed E-state index contributed by atoms with van der Waals surface area (Å²) >= 11 is 3.60. The predicted octanol–water partition coefficient (Wildman–Crippen LogP) is 3.31. The van der Waals surface area contributed by atoms with Crippen LogP contribution in [0, 0.1) is 5.92 Å². The fraction of sp³-hybridized carbons (Fsp3) is 0.571. The summed E-state index contributed by atoms with van der Waals surface area (Å²) in [5.41, 5.74) is 1.35. The molecule has 17 heavy (non-hydrogen) atoms. The topological polar surface area (TPSA) is 12.5 Å². The van der Waals surface area contributed by atoms with Crippen molar-refractivity contribution in [1.82, 2.24) is 4.90 Å². The van der Waals surface area contributed by atoms with Crippen molar-refractivity contribution in [3.05, 3.63) is 34.3 Å². The molecule has 3 heteroatoms. The first kappa shape index (κ1) is 13.1. The van der Waals surface area contributed by atoms with Gasteiger partial charge in [-0.2, -0.15) is 0 Å². The summed E-state index contributed by atoms with van der Waals surface area (Å²) in [4.78, 5) is 2.39. The van der Waals surface area contributed by atoms with Gasteiger partial charge in [-0.25, -0.2) is 0 Å². The highest BCUT2D eigenvalue weighted by atomic mass is 79.9. The van der Waals surface area contributed by atoms with Crippen molar-refractivity contribution < 1.29 is 4.74 Å². The summed E-state index contributed by atoms with van der Waals surface area (Å²) in [7, 11) is 2.19. The lowest BCUT2D eigenvalue weighted by atomic mass is 10.0. The summed E-state index contributed by atoms with van der Waals surface area (Å²) in [5.74, 6) is 0.705. The largest absolute Gasteiger partial charge is 0.381 e. The standard InChI is InChI=1S/C14H20BrNO/c1-16(9-12-5-4-8-17-11-12)10-13-6-2-3-7-14(13)15/h2-3,6-7,12H,4-5,8-11H2,1H3. The van der Waals surface area contributed by atoms with E-state index in [0.717, 1.165) is 26.3 Å². The third-order valence-corrected chi connectivity index (χ3v) is 4.00. The normalized spacial score (nSPS) is 20.8. The van der Waals surface area contributed by atoms with Crippen LogP contribution >= 0.6 is 15.9 Å². The zero-order chi connectivity index (χ0) is 12.1. The van der Waals surface area contributed by atoms with Crippen molar-refractivity contribution in [2.24, 2.45) is 5.92 Å². The molecule has 2 nitrogen and oxygen atoms in total. The first-order chi connectivity index (χ1) is 8.25. The molecule has 1 aliphatic heterocycles. The predicted molar refractivity (Wildman–Crippen MR) is 74.0 cm³/mol. The van der Waals surface area contributed by atoms with Crippen molar-refractivity contribution in [3.63, 3.8) is 0 Å². The number of nitrogens with zero attached hydrogens (tertiary/aromatic N) is 1. The first-order valence-corrected chi connectivity index (χ1v) is 7.04. The fourth-order valence-corrected chi connectivity index (χ4v) is 2.78. The van der Waals surface area contributed by atoms with Gasteiger partial charge in [-0.1, -0.05) is 34.1 Å². The summed E-state index contributed by atoms with van der Waals surface area (Å²) in [6, 6.07) is 8.44. The Labute approximate surface area is 112 Å². The Morgan fingerprint density at radius 1 is 1.41 bits per heavy atom. The molecule has 0 aromatic heterocycles. The van der Waals surface area contributed by atoms with Crippen molar-refractivity contribution in [3.8, 4) is 0 Å². The third kappa shape index (κ3) is 4.09. The van der Waals surface area contributed by atoms with Crippen molar-refractivity contribution >= 4 is 15.9 Å². The van der Waals surface area contributed by atoms with Crippen LogP contribution in [0.4, 0.5) is 0 Å². The van der Waals surface area contributed by atoms with Crippen molar-refractivity contribution in [2.45, 2.75) is 19.4 Å². The summed E-state index contributed by atoms with van der Waals surface area (Å²) in [6.45, 7) is 4.00. The lowest BCUT2D eigenvalue weighted by molar-refractivity contribution is 0.0411. The van der Waals surface area contributed by atoms with Crippen LogP contribution in [0.25, 0.3) is 0 Å². The van der Waals surface area contributed by atoms with E-state index in [2.05, 4.69) is 52.1 Å². The highest BCUT2D eigenvalue weighted by molar-refractivity contribution is 9.10. The van der Waals surface area contributed by atoms with Gasteiger partial charge in [0.15, 0.2) is 0 Å². The number of benzene rings is 1. The van der Waals surface area contributed by atoms with E-state index in [4.69, 9.17) is 4.74 Å². The van der Waals surface area contributed by atoms with E-state index < -0.39 is 0 Å². The zero-order valence-corrected chi connectivity index (χ0v) is 11.9. The van der Waals surface area contributed by atoms with E-state index in [9.17, 15) is 0 Å². The van der Waals surface area contributed by atoms with Gasteiger partial charge in [0.2, 0.25) is 0 Å². The van der Waals surface area contributed by atoms with E-state index >= 15 is 0 Å². The molecule has 1 aromatic rings. The lowest BCUT2D eigenvalue weighted by Gasteiger charge is -2.27. The maximum absolute atomic E-state index is 5.52. The van der Waals surface area contributed by atoms with Crippen LogP contribution in [0.2, 0.25) is 0 Å². The van der Waals surface area contributed by atoms with Crippen LogP contribution < -0.4 is 0 Å². The molecular formula is C14H20BrNO. The minimum absolute atomic E-state index is 0.705. The second-order valence-electron chi connectivity index (χ2n) is 4.87. The molecule has 1 unspecified atom stereocenters. The van der Waals surface area contributed by atoms with E-state index in [0.29, 0.717) is 5.92 Å². The quantitative estimate of drug-likeness (QED) is 0.845. The monoisotopic (exact) mass is 297 g/mol. The molecular weight excluding hydrogens is 278 g/mol. The Bertz CT molecular complexity index is 350. The Hall–Kier alpha value is -0.380. The fourth-order valence-electron chi connectivity index (χ4n) is 2.37. The molecule has 0 bridgehead atoms. The molecule has 0 radical (unpaired) electrons. The highest BCUT2D eigenvalue weighted by Gasteiger charge is 2.16. The molecule has 94 valence electrons. The minimum atomic E-state index is 0.705. The Kier molecular flexibility index (Phi) is 5.01. The van der Waals surface area contributed by atoms with Crippen LogP contribution in [-0.4, -0.2) is 31.7 Å². The Balaban J connectivity index is 1.84. The van der Waals surface area contributed by atoms with Gasteiger partial charge in [-0.05, 0) is 37.4 Å². The van der Waals surface area contributed by atoms with Crippen LogP contribution in [-0.2, 0) is 11.3 Å². The van der Waals surface area contributed by atoms with Gasteiger partial charge in [0.05, 0.1) is 6.61 Å². The molecule has 1 heterocycles. The number of halogens is 1. The van der Waals surface area contributed by atoms with Gasteiger partial charge in [-0.3, -0.25) is 0 Å². The SMILES string of the molecule is CN(Cc1ccccc1Br)CC1CCCOC1. The second kappa shape index (κ2) is 6.53.